The summed E-state index contributed by atoms with van der Waals surface area (Å²) in [4.78, 5) is 34.9. The second-order valence-electron chi connectivity index (χ2n) is 14.7. The van der Waals surface area contributed by atoms with Crippen LogP contribution in [-0.2, 0) is 32.7 Å². The number of ether oxygens (including phenoxy) is 2. The molecule has 0 aromatic heterocycles. The summed E-state index contributed by atoms with van der Waals surface area (Å²) in [6.45, 7) is 3.42. The van der Waals surface area contributed by atoms with Crippen molar-refractivity contribution in [2.24, 2.45) is 5.73 Å². The number of phosphoric ester groups is 1. The number of rotatable bonds is 41. The van der Waals surface area contributed by atoms with Crippen molar-refractivity contribution >= 4 is 19.8 Å². The van der Waals surface area contributed by atoms with E-state index in [2.05, 4.69) is 68.5 Å². The molecule has 3 atom stereocenters. The van der Waals surface area contributed by atoms with Crippen molar-refractivity contribution in [1.29, 1.82) is 0 Å². The monoisotopic (exact) mass is 836 g/mol. The molecule has 0 saturated heterocycles. The normalized spacial score (nSPS) is 14.5. The highest BCUT2D eigenvalue weighted by molar-refractivity contribution is 7.47. The minimum atomic E-state index is -4.41. The SMILES string of the molecule is CCCCC/C=C\C/C=C\CCCCCCCCCCCC(=O)OC[C@H](COP(=O)(O)OCCN)OC(=O)CCC/C=C\C/C=C\C/C=C\C/C=C\CC(O)CCC. The lowest BCUT2D eigenvalue weighted by atomic mass is 10.1. The lowest BCUT2D eigenvalue weighted by Crippen LogP contribution is -2.29. The molecule has 0 spiro atoms. The molecule has 0 rings (SSSR count). The number of carbonyl (C=O) groups is 2. The van der Waals surface area contributed by atoms with E-state index in [9.17, 15) is 24.2 Å². The fourth-order valence-electron chi connectivity index (χ4n) is 5.79. The number of hydrogen-bond donors (Lipinski definition) is 3. The summed E-state index contributed by atoms with van der Waals surface area (Å²) in [7, 11) is -4.41. The maximum atomic E-state index is 12.6. The lowest BCUT2D eigenvalue weighted by Gasteiger charge is -2.19. The zero-order chi connectivity index (χ0) is 42.6. The smallest absolute Gasteiger partial charge is 0.462 e. The first-order valence-electron chi connectivity index (χ1n) is 22.5. The molecule has 0 bridgehead atoms. The van der Waals surface area contributed by atoms with Gasteiger partial charge in [-0.15, -0.1) is 0 Å². The van der Waals surface area contributed by atoms with Crippen molar-refractivity contribution in [1.82, 2.24) is 0 Å². The summed E-state index contributed by atoms with van der Waals surface area (Å²) in [5, 5.41) is 9.73. The van der Waals surface area contributed by atoms with Crippen LogP contribution in [0.5, 0.6) is 0 Å². The fraction of sp³-hybridized carbons (Fsp3) is 0.702. The van der Waals surface area contributed by atoms with Crippen LogP contribution in [0.1, 0.15) is 174 Å². The first-order chi connectivity index (χ1) is 28.2. The Morgan fingerprint density at radius 2 is 1.07 bits per heavy atom. The van der Waals surface area contributed by atoms with Crippen LogP contribution in [0.4, 0.5) is 0 Å². The van der Waals surface area contributed by atoms with Gasteiger partial charge in [-0.2, -0.15) is 0 Å². The van der Waals surface area contributed by atoms with Gasteiger partial charge >= 0.3 is 19.8 Å². The Labute approximate surface area is 353 Å². The van der Waals surface area contributed by atoms with Gasteiger partial charge in [-0.25, -0.2) is 4.57 Å². The Morgan fingerprint density at radius 1 is 0.586 bits per heavy atom. The van der Waals surface area contributed by atoms with Crippen molar-refractivity contribution in [3.63, 3.8) is 0 Å². The molecular formula is C47H82NO9P. The number of nitrogens with two attached hydrogens (primary N) is 1. The van der Waals surface area contributed by atoms with Crippen LogP contribution in [-0.4, -0.2) is 60.5 Å². The van der Waals surface area contributed by atoms with Gasteiger partial charge in [0, 0.05) is 19.4 Å². The first-order valence-corrected chi connectivity index (χ1v) is 24.0. The number of phosphoric acid groups is 1. The van der Waals surface area contributed by atoms with Crippen LogP contribution in [0.25, 0.3) is 0 Å². The quantitative estimate of drug-likeness (QED) is 0.0235. The Bertz CT molecular complexity index is 1200. The molecule has 0 saturated carbocycles. The van der Waals surface area contributed by atoms with Crippen molar-refractivity contribution < 1.29 is 42.7 Å². The maximum Gasteiger partial charge on any atom is 0.472 e. The molecular weight excluding hydrogens is 753 g/mol. The van der Waals surface area contributed by atoms with Crippen molar-refractivity contribution in [2.75, 3.05) is 26.4 Å². The molecule has 0 radical (unpaired) electrons. The predicted molar refractivity (Wildman–Crippen MR) is 239 cm³/mol. The summed E-state index contributed by atoms with van der Waals surface area (Å²) in [5.74, 6) is -0.924. The minimum absolute atomic E-state index is 0.0346. The van der Waals surface area contributed by atoms with Crippen molar-refractivity contribution in [2.45, 2.75) is 187 Å². The molecule has 2 unspecified atom stereocenters. The van der Waals surface area contributed by atoms with Gasteiger partial charge in [0.25, 0.3) is 0 Å². The van der Waals surface area contributed by atoms with Gasteiger partial charge in [0.15, 0.2) is 6.10 Å². The lowest BCUT2D eigenvalue weighted by molar-refractivity contribution is -0.161. The van der Waals surface area contributed by atoms with Gasteiger partial charge in [0.1, 0.15) is 6.61 Å². The van der Waals surface area contributed by atoms with Crippen LogP contribution in [0.15, 0.2) is 72.9 Å². The molecule has 0 amide bonds. The highest BCUT2D eigenvalue weighted by Crippen LogP contribution is 2.43. The number of esters is 2. The van der Waals surface area contributed by atoms with E-state index in [4.69, 9.17) is 24.3 Å². The molecule has 11 heteroatoms. The third kappa shape index (κ3) is 41.6. The summed E-state index contributed by atoms with van der Waals surface area (Å²) in [6.07, 6.45) is 48.5. The molecule has 4 N–H and O–H groups in total. The van der Waals surface area contributed by atoms with Gasteiger partial charge in [-0.3, -0.25) is 18.6 Å². The third-order valence-corrected chi connectivity index (χ3v) is 10.1. The van der Waals surface area contributed by atoms with E-state index in [0.717, 1.165) is 64.2 Å². The standard InChI is InChI=1S/C47H82NO9P/c1-3-5-6-7-8-9-10-11-12-13-14-15-16-19-22-25-28-31-34-38-46(50)54-42-45(43-56-58(52,53)55-41-40-48)57-47(51)39-35-32-29-26-23-20-17-18-21-24-27-30-33-37-44(49)36-4-2/h8-9,11-12,17,20-21,24,26,29-30,33,44-45,49H,3-7,10,13-16,18-19,22-23,25,27-28,31-32,34-43,48H2,1-2H3,(H,52,53)/b9-8-,12-11-,20-17-,24-21-,29-26-,33-30-/t44?,45-/m1/s1. The molecule has 334 valence electrons. The summed E-state index contributed by atoms with van der Waals surface area (Å²) < 4.78 is 32.7. The van der Waals surface area contributed by atoms with Crippen LogP contribution in [0, 0.1) is 0 Å². The first kappa shape index (κ1) is 55.4. The minimum Gasteiger partial charge on any atom is -0.462 e. The van der Waals surface area contributed by atoms with Crippen LogP contribution >= 0.6 is 7.82 Å². The largest absolute Gasteiger partial charge is 0.472 e. The number of hydrogen-bond acceptors (Lipinski definition) is 9. The second-order valence-corrected chi connectivity index (χ2v) is 16.2. The van der Waals surface area contributed by atoms with E-state index in [1.807, 2.05) is 18.2 Å². The topological polar surface area (TPSA) is 155 Å². The van der Waals surface area contributed by atoms with E-state index in [0.29, 0.717) is 25.7 Å². The van der Waals surface area contributed by atoms with E-state index in [1.165, 1.54) is 57.8 Å². The summed E-state index contributed by atoms with van der Waals surface area (Å²) in [5.41, 5.74) is 5.34. The number of unbranched alkanes of at least 4 members (excludes halogenated alkanes) is 13. The van der Waals surface area contributed by atoms with Gasteiger partial charge in [-0.05, 0) is 83.5 Å². The second kappa shape index (κ2) is 42.5. The van der Waals surface area contributed by atoms with Crippen LogP contribution in [0.3, 0.4) is 0 Å². The van der Waals surface area contributed by atoms with Crippen LogP contribution < -0.4 is 5.73 Å². The number of aliphatic hydroxyl groups is 1. The fourth-order valence-corrected chi connectivity index (χ4v) is 6.55. The molecule has 0 heterocycles. The summed E-state index contributed by atoms with van der Waals surface area (Å²) >= 11 is 0. The molecule has 0 aliphatic heterocycles. The average molecular weight is 836 g/mol. The third-order valence-electron chi connectivity index (χ3n) is 9.12. The van der Waals surface area contributed by atoms with Gasteiger partial charge < -0.3 is 25.2 Å². The Kier molecular flexibility index (Phi) is 40.6. The zero-order valence-corrected chi connectivity index (χ0v) is 37.3. The Hall–Kier alpha value is -2.59. The highest BCUT2D eigenvalue weighted by atomic mass is 31.2. The molecule has 58 heavy (non-hydrogen) atoms. The Balaban J connectivity index is 4.25. The molecule has 10 nitrogen and oxygen atoms in total. The zero-order valence-electron chi connectivity index (χ0n) is 36.4. The van der Waals surface area contributed by atoms with E-state index in [-0.39, 0.29) is 38.7 Å². The highest BCUT2D eigenvalue weighted by Gasteiger charge is 2.26. The van der Waals surface area contributed by atoms with E-state index in [1.54, 1.807) is 0 Å². The number of carbonyl (C=O) groups excluding carboxylic acids is 2. The van der Waals surface area contributed by atoms with Gasteiger partial charge in [0.05, 0.1) is 19.3 Å². The number of allylic oxidation sites excluding steroid dienone is 11. The molecule has 0 aromatic rings. The maximum absolute atomic E-state index is 12.6. The van der Waals surface area contributed by atoms with Crippen molar-refractivity contribution in [3.8, 4) is 0 Å². The van der Waals surface area contributed by atoms with Crippen molar-refractivity contribution in [3.05, 3.63) is 72.9 Å². The molecule has 0 aromatic carbocycles. The van der Waals surface area contributed by atoms with Crippen LogP contribution in [0.2, 0.25) is 0 Å². The molecule has 0 aliphatic rings. The predicted octanol–water partition coefficient (Wildman–Crippen LogP) is 12.0. The van der Waals surface area contributed by atoms with Gasteiger partial charge in [-0.1, -0.05) is 151 Å². The summed E-state index contributed by atoms with van der Waals surface area (Å²) in [6, 6.07) is 0. The molecule has 0 aliphatic carbocycles. The molecule has 0 fully saturated rings. The Morgan fingerprint density at radius 3 is 1.62 bits per heavy atom. The van der Waals surface area contributed by atoms with Gasteiger partial charge in [0.2, 0.25) is 0 Å². The number of aliphatic hydroxyl groups excluding tert-OH is 1. The van der Waals surface area contributed by atoms with E-state index < -0.39 is 32.5 Å². The average Bonchev–Trinajstić information content (AvgIpc) is 3.20. The van der Waals surface area contributed by atoms with E-state index >= 15 is 0 Å².